The molecule has 0 aromatic heterocycles. The Morgan fingerprint density at radius 2 is 1.76 bits per heavy atom. The van der Waals surface area contributed by atoms with Gasteiger partial charge in [-0.3, -0.25) is 9.69 Å². The molecule has 0 spiro atoms. The van der Waals surface area contributed by atoms with Crippen LogP contribution in [0.5, 0.6) is 0 Å². The number of amides is 1. The molecule has 0 bridgehead atoms. The lowest BCUT2D eigenvalue weighted by molar-refractivity contribution is -0.134. The number of hydrogen-bond donors (Lipinski definition) is 1. The number of carbonyl (C=O) groups is 2. The predicted octanol–water partition coefficient (Wildman–Crippen LogP) is 1.48. The second-order valence-electron chi connectivity index (χ2n) is 5.80. The van der Waals surface area contributed by atoms with Crippen LogP contribution in [0.25, 0.3) is 0 Å². The topological polar surface area (TPSA) is 60.9 Å². The van der Waals surface area contributed by atoms with Crippen LogP contribution in [0.3, 0.4) is 0 Å². The molecule has 2 unspecified atom stereocenters. The number of carboxylic acid groups (broad SMARTS) is 1. The van der Waals surface area contributed by atoms with Gasteiger partial charge in [0.15, 0.2) is 0 Å². The van der Waals surface area contributed by atoms with Gasteiger partial charge in [0, 0.05) is 25.2 Å². The molecule has 0 aliphatic carbocycles. The molecule has 1 saturated heterocycles. The van der Waals surface area contributed by atoms with Crippen molar-refractivity contribution in [3.05, 3.63) is 35.4 Å². The number of hydrogen-bond acceptors (Lipinski definition) is 3. The fourth-order valence-corrected chi connectivity index (χ4v) is 2.77. The van der Waals surface area contributed by atoms with Crippen LogP contribution in [0, 0.1) is 0 Å². The average Bonchev–Trinajstić information content (AvgIpc) is 2.44. The van der Waals surface area contributed by atoms with Gasteiger partial charge in [0.2, 0.25) is 5.91 Å². The first-order chi connectivity index (χ1) is 9.90. The van der Waals surface area contributed by atoms with Crippen molar-refractivity contribution in [1.82, 2.24) is 9.80 Å². The van der Waals surface area contributed by atoms with Gasteiger partial charge >= 0.3 is 5.97 Å². The normalized spacial score (nSPS) is 23.1. The van der Waals surface area contributed by atoms with Crippen molar-refractivity contribution in [3.8, 4) is 0 Å². The molecule has 0 saturated carbocycles. The summed E-state index contributed by atoms with van der Waals surface area (Å²) in [6.07, 6.45) is 0.144. The third-order valence-electron chi connectivity index (χ3n) is 4.30. The van der Waals surface area contributed by atoms with E-state index in [9.17, 15) is 14.7 Å². The summed E-state index contributed by atoms with van der Waals surface area (Å²) in [5.41, 5.74) is 0.787. The third-order valence-corrected chi connectivity index (χ3v) is 4.30. The molecular weight excluding hydrogens is 268 g/mol. The van der Waals surface area contributed by atoms with Gasteiger partial charge < -0.3 is 10.0 Å². The molecule has 1 heterocycles. The molecular formula is C16H22N2O3. The average molecular weight is 290 g/mol. The molecule has 1 N–H and O–H groups in total. The Morgan fingerprint density at radius 3 is 2.33 bits per heavy atom. The first-order valence-electron chi connectivity index (χ1n) is 7.21. The molecule has 1 aromatic rings. The van der Waals surface area contributed by atoms with Crippen molar-refractivity contribution in [3.63, 3.8) is 0 Å². The number of rotatable bonds is 3. The lowest BCUT2D eigenvalue weighted by Crippen LogP contribution is -2.56. The van der Waals surface area contributed by atoms with Crippen molar-refractivity contribution in [2.45, 2.75) is 32.4 Å². The van der Waals surface area contributed by atoms with Crippen LogP contribution in [0.15, 0.2) is 24.3 Å². The fourth-order valence-electron chi connectivity index (χ4n) is 2.77. The van der Waals surface area contributed by atoms with E-state index in [4.69, 9.17) is 0 Å². The standard InChI is InChI=1S/C16H22N2O3/c1-11-9-18(10-12(2)17(11)3)15(19)8-13-6-4-5-7-14(13)16(20)21/h4-7,11-12H,8-10H2,1-3H3,(H,20,21). The molecule has 21 heavy (non-hydrogen) atoms. The number of benzene rings is 1. The van der Waals surface area contributed by atoms with E-state index < -0.39 is 5.97 Å². The summed E-state index contributed by atoms with van der Waals surface area (Å²) in [5.74, 6) is -0.992. The molecule has 1 aromatic carbocycles. The maximum Gasteiger partial charge on any atom is 0.335 e. The van der Waals surface area contributed by atoms with Crippen LogP contribution in [-0.4, -0.2) is 59.0 Å². The minimum absolute atomic E-state index is 0.00417. The van der Waals surface area contributed by atoms with Crippen LogP contribution < -0.4 is 0 Å². The van der Waals surface area contributed by atoms with Crippen LogP contribution >= 0.6 is 0 Å². The summed E-state index contributed by atoms with van der Waals surface area (Å²) < 4.78 is 0. The summed E-state index contributed by atoms with van der Waals surface area (Å²) in [4.78, 5) is 27.7. The molecule has 5 heteroatoms. The van der Waals surface area contributed by atoms with Crippen LogP contribution in [0.1, 0.15) is 29.8 Å². The lowest BCUT2D eigenvalue weighted by Gasteiger charge is -2.42. The smallest absolute Gasteiger partial charge is 0.335 e. The summed E-state index contributed by atoms with van der Waals surface area (Å²) >= 11 is 0. The number of piperazine rings is 1. The summed E-state index contributed by atoms with van der Waals surface area (Å²) in [7, 11) is 2.07. The number of carboxylic acids is 1. The minimum atomic E-state index is -0.987. The Labute approximate surface area is 125 Å². The molecule has 1 amide bonds. The SMILES string of the molecule is CC1CN(C(=O)Cc2ccccc2C(=O)O)CC(C)N1C. The van der Waals surface area contributed by atoms with Crippen molar-refractivity contribution < 1.29 is 14.7 Å². The van der Waals surface area contributed by atoms with Gasteiger partial charge in [-0.15, -0.1) is 0 Å². The minimum Gasteiger partial charge on any atom is -0.478 e. The van der Waals surface area contributed by atoms with Gasteiger partial charge in [-0.25, -0.2) is 4.79 Å². The van der Waals surface area contributed by atoms with E-state index in [2.05, 4.69) is 25.8 Å². The summed E-state index contributed by atoms with van der Waals surface area (Å²) in [6, 6.07) is 7.33. The van der Waals surface area contributed by atoms with Crippen LogP contribution in [-0.2, 0) is 11.2 Å². The van der Waals surface area contributed by atoms with E-state index >= 15 is 0 Å². The fraction of sp³-hybridized carbons (Fsp3) is 0.500. The Hall–Kier alpha value is -1.88. The molecule has 2 atom stereocenters. The monoisotopic (exact) mass is 290 g/mol. The Kier molecular flexibility index (Phi) is 4.63. The zero-order chi connectivity index (χ0) is 15.6. The van der Waals surface area contributed by atoms with E-state index in [1.165, 1.54) is 0 Å². The van der Waals surface area contributed by atoms with Gasteiger partial charge in [-0.2, -0.15) is 0 Å². The maximum atomic E-state index is 12.5. The van der Waals surface area contributed by atoms with Gasteiger partial charge in [-0.1, -0.05) is 18.2 Å². The number of aromatic carboxylic acids is 1. The number of nitrogens with zero attached hydrogens (tertiary/aromatic N) is 2. The predicted molar refractivity (Wildman–Crippen MR) is 80.4 cm³/mol. The number of likely N-dealkylation sites (N-methyl/N-ethyl adjacent to an activating group) is 1. The summed E-state index contributed by atoms with van der Waals surface area (Å²) in [6.45, 7) is 5.58. The van der Waals surface area contributed by atoms with E-state index in [1.54, 1.807) is 24.3 Å². The highest BCUT2D eigenvalue weighted by Crippen LogP contribution is 2.16. The van der Waals surface area contributed by atoms with E-state index in [0.717, 1.165) is 0 Å². The molecule has 0 radical (unpaired) electrons. The highest BCUT2D eigenvalue weighted by molar-refractivity contribution is 5.91. The van der Waals surface area contributed by atoms with E-state index in [0.29, 0.717) is 30.7 Å². The zero-order valence-electron chi connectivity index (χ0n) is 12.7. The van der Waals surface area contributed by atoms with E-state index in [1.807, 2.05) is 4.90 Å². The summed E-state index contributed by atoms with van der Waals surface area (Å²) in [5, 5.41) is 9.18. The first kappa shape index (κ1) is 15.5. The Bertz CT molecular complexity index is 532. The highest BCUT2D eigenvalue weighted by atomic mass is 16.4. The van der Waals surface area contributed by atoms with Crippen LogP contribution in [0.2, 0.25) is 0 Å². The van der Waals surface area contributed by atoms with Gasteiger partial charge in [-0.05, 0) is 32.5 Å². The molecule has 114 valence electrons. The third kappa shape index (κ3) is 3.42. The Morgan fingerprint density at radius 1 is 1.19 bits per heavy atom. The van der Waals surface area contributed by atoms with Gasteiger partial charge in [0.1, 0.15) is 0 Å². The maximum absolute atomic E-state index is 12.5. The number of carbonyl (C=O) groups excluding carboxylic acids is 1. The molecule has 1 aliphatic heterocycles. The molecule has 1 aliphatic rings. The second-order valence-corrected chi connectivity index (χ2v) is 5.80. The van der Waals surface area contributed by atoms with Crippen molar-refractivity contribution >= 4 is 11.9 Å². The molecule has 1 fully saturated rings. The molecule has 5 nitrogen and oxygen atoms in total. The largest absolute Gasteiger partial charge is 0.478 e. The first-order valence-corrected chi connectivity index (χ1v) is 7.21. The van der Waals surface area contributed by atoms with Gasteiger partial charge in [0.05, 0.1) is 12.0 Å². The van der Waals surface area contributed by atoms with Crippen molar-refractivity contribution in [2.24, 2.45) is 0 Å². The van der Waals surface area contributed by atoms with Crippen molar-refractivity contribution in [2.75, 3.05) is 20.1 Å². The lowest BCUT2D eigenvalue weighted by atomic mass is 10.0. The quantitative estimate of drug-likeness (QED) is 0.916. The Balaban J connectivity index is 2.10. The van der Waals surface area contributed by atoms with Crippen LogP contribution in [0.4, 0.5) is 0 Å². The van der Waals surface area contributed by atoms with Crippen molar-refractivity contribution in [1.29, 1.82) is 0 Å². The van der Waals surface area contributed by atoms with Gasteiger partial charge in [0.25, 0.3) is 0 Å². The zero-order valence-corrected chi connectivity index (χ0v) is 12.7. The molecule has 2 rings (SSSR count). The highest BCUT2D eigenvalue weighted by Gasteiger charge is 2.29. The van der Waals surface area contributed by atoms with E-state index in [-0.39, 0.29) is 17.9 Å². The second kappa shape index (κ2) is 6.26.